The SMILES string of the molecule is CC(=O)NCn1cc(-c2ccc(N3CCSCC3)c(F)c2)c(=O)o1. The Bertz CT molecular complexity index is 796. The minimum absolute atomic E-state index is 0.0522. The van der Waals surface area contributed by atoms with E-state index in [0.717, 1.165) is 24.6 Å². The Morgan fingerprint density at radius 2 is 2.12 bits per heavy atom. The summed E-state index contributed by atoms with van der Waals surface area (Å²) in [5.41, 5.74) is 0.709. The first kappa shape index (κ1) is 16.6. The molecule has 1 N–H and O–H groups in total. The number of nitrogens with one attached hydrogen (secondary N) is 1. The summed E-state index contributed by atoms with van der Waals surface area (Å²) in [6, 6.07) is 4.77. The van der Waals surface area contributed by atoms with Crippen LogP contribution in [0.15, 0.2) is 33.7 Å². The number of halogens is 1. The van der Waals surface area contributed by atoms with Crippen molar-refractivity contribution in [3.8, 4) is 11.1 Å². The number of nitrogens with zero attached hydrogens (tertiary/aromatic N) is 2. The summed E-state index contributed by atoms with van der Waals surface area (Å²) >= 11 is 1.86. The molecule has 1 fully saturated rings. The van der Waals surface area contributed by atoms with Crippen LogP contribution >= 0.6 is 11.8 Å². The maximum atomic E-state index is 14.5. The molecule has 2 aromatic rings. The highest BCUT2D eigenvalue weighted by molar-refractivity contribution is 7.99. The quantitative estimate of drug-likeness (QED) is 0.911. The standard InChI is InChI=1S/C16H18FN3O3S/c1-11(21)18-10-20-9-13(16(22)23-20)12-2-3-15(14(17)8-12)19-4-6-24-7-5-19/h2-3,8-9H,4-7,10H2,1H3,(H,18,21). The molecule has 128 valence electrons. The largest absolute Gasteiger partial charge is 0.368 e. The minimum Gasteiger partial charge on any atom is -0.368 e. The van der Waals surface area contributed by atoms with Crippen LogP contribution in [-0.4, -0.2) is 35.2 Å². The van der Waals surface area contributed by atoms with Crippen molar-refractivity contribution >= 4 is 23.4 Å². The van der Waals surface area contributed by atoms with E-state index in [-0.39, 0.29) is 24.0 Å². The lowest BCUT2D eigenvalue weighted by molar-refractivity contribution is -0.119. The van der Waals surface area contributed by atoms with Crippen LogP contribution in [0.3, 0.4) is 0 Å². The zero-order chi connectivity index (χ0) is 17.1. The molecule has 0 aliphatic carbocycles. The Morgan fingerprint density at radius 1 is 1.38 bits per heavy atom. The molecule has 1 saturated heterocycles. The van der Waals surface area contributed by atoms with E-state index in [2.05, 4.69) is 5.32 Å². The second kappa shape index (κ2) is 7.12. The van der Waals surface area contributed by atoms with Gasteiger partial charge in [0.2, 0.25) is 5.91 Å². The van der Waals surface area contributed by atoms with Crippen LogP contribution in [0.4, 0.5) is 10.1 Å². The number of hydrogen-bond donors (Lipinski definition) is 1. The molecule has 8 heteroatoms. The molecule has 2 heterocycles. The second-order valence-corrected chi connectivity index (χ2v) is 6.72. The summed E-state index contributed by atoms with van der Waals surface area (Å²) < 4.78 is 20.7. The van der Waals surface area contributed by atoms with Crippen molar-refractivity contribution in [1.82, 2.24) is 10.1 Å². The number of carbonyl (C=O) groups excluding carboxylic acids is 1. The molecule has 1 aromatic carbocycles. The number of thioether (sulfide) groups is 1. The molecular weight excluding hydrogens is 333 g/mol. The maximum Gasteiger partial charge on any atom is 0.365 e. The van der Waals surface area contributed by atoms with E-state index in [9.17, 15) is 14.0 Å². The normalized spacial score (nSPS) is 14.7. The molecule has 0 bridgehead atoms. The lowest BCUT2D eigenvalue weighted by atomic mass is 10.1. The van der Waals surface area contributed by atoms with Gasteiger partial charge in [-0.15, -0.1) is 0 Å². The van der Waals surface area contributed by atoms with Crippen molar-refractivity contribution < 1.29 is 13.7 Å². The number of amides is 1. The van der Waals surface area contributed by atoms with Gasteiger partial charge < -0.3 is 14.7 Å². The van der Waals surface area contributed by atoms with Crippen LogP contribution in [0.5, 0.6) is 0 Å². The number of rotatable bonds is 4. The fraction of sp³-hybridized carbons (Fsp3) is 0.375. The van der Waals surface area contributed by atoms with Crippen molar-refractivity contribution in [1.29, 1.82) is 0 Å². The van der Waals surface area contributed by atoms with E-state index >= 15 is 0 Å². The van der Waals surface area contributed by atoms with Gasteiger partial charge >= 0.3 is 5.63 Å². The summed E-state index contributed by atoms with van der Waals surface area (Å²) in [5, 5.41) is 2.53. The smallest absolute Gasteiger partial charge is 0.365 e. The summed E-state index contributed by atoms with van der Waals surface area (Å²) in [6.45, 7) is 3.05. The first-order chi connectivity index (χ1) is 11.5. The van der Waals surface area contributed by atoms with Crippen LogP contribution in [-0.2, 0) is 11.5 Å². The van der Waals surface area contributed by atoms with Gasteiger partial charge in [0.25, 0.3) is 0 Å². The Labute approximate surface area is 142 Å². The molecule has 1 aromatic heterocycles. The van der Waals surface area contributed by atoms with Crippen LogP contribution in [0, 0.1) is 5.82 Å². The van der Waals surface area contributed by atoms with Gasteiger partial charge in [-0.25, -0.2) is 9.18 Å². The molecule has 3 rings (SSSR count). The van der Waals surface area contributed by atoms with E-state index < -0.39 is 5.63 Å². The van der Waals surface area contributed by atoms with Gasteiger partial charge in [0.15, 0.2) is 0 Å². The fourth-order valence-electron chi connectivity index (χ4n) is 2.57. The average molecular weight is 351 g/mol. The molecule has 1 aliphatic rings. The summed E-state index contributed by atoms with van der Waals surface area (Å²) in [7, 11) is 0. The third kappa shape index (κ3) is 3.64. The molecule has 1 amide bonds. The number of hydrogen-bond acceptors (Lipinski definition) is 5. The highest BCUT2D eigenvalue weighted by Crippen LogP contribution is 2.27. The molecule has 0 saturated carbocycles. The summed E-state index contributed by atoms with van der Waals surface area (Å²) in [6.07, 6.45) is 1.46. The van der Waals surface area contributed by atoms with Crippen molar-refractivity contribution in [2.24, 2.45) is 0 Å². The molecule has 1 aliphatic heterocycles. The molecule has 24 heavy (non-hydrogen) atoms. The Balaban J connectivity index is 1.83. The van der Waals surface area contributed by atoms with E-state index in [4.69, 9.17) is 4.52 Å². The maximum absolute atomic E-state index is 14.5. The number of anilines is 1. The van der Waals surface area contributed by atoms with Crippen LogP contribution in [0.1, 0.15) is 6.92 Å². The highest BCUT2D eigenvalue weighted by atomic mass is 32.2. The van der Waals surface area contributed by atoms with Gasteiger partial charge in [0.1, 0.15) is 12.5 Å². The van der Waals surface area contributed by atoms with Gasteiger partial charge in [-0.3, -0.25) is 4.79 Å². The molecule has 0 spiro atoms. The summed E-state index contributed by atoms with van der Waals surface area (Å²) in [4.78, 5) is 24.9. The molecule has 0 atom stereocenters. The van der Waals surface area contributed by atoms with Crippen LogP contribution in [0.2, 0.25) is 0 Å². The predicted molar refractivity (Wildman–Crippen MR) is 91.7 cm³/mol. The Morgan fingerprint density at radius 3 is 2.79 bits per heavy atom. The molecule has 0 unspecified atom stereocenters. The van der Waals surface area contributed by atoms with Crippen molar-refractivity contribution in [3.63, 3.8) is 0 Å². The topological polar surface area (TPSA) is 67.5 Å². The molecule has 6 nitrogen and oxygen atoms in total. The fourth-order valence-corrected chi connectivity index (χ4v) is 3.48. The van der Waals surface area contributed by atoms with Gasteiger partial charge in [-0.05, 0) is 17.7 Å². The van der Waals surface area contributed by atoms with Crippen LogP contribution < -0.4 is 15.8 Å². The molecular formula is C16H18FN3O3S. The zero-order valence-electron chi connectivity index (χ0n) is 13.3. The third-order valence-corrected chi connectivity index (χ3v) is 4.73. The van der Waals surface area contributed by atoms with Gasteiger partial charge in [-0.2, -0.15) is 16.5 Å². The Hall–Kier alpha value is -2.22. The van der Waals surface area contributed by atoms with E-state index in [1.54, 1.807) is 12.1 Å². The Kier molecular flexibility index (Phi) is 4.94. The van der Waals surface area contributed by atoms with Crippen molar-refractivity contribution in [3.05, 3.63) is 40.6 Å². The zero-order valence-corrected chi connectivity index (χ0v) is 14.1. The first-order valence-corrected chi connectivity index (χ1v) is 8.78. The van der Waals surface area contributed by atoms with Gasteiger partial charge in [0, 0.05) is 31.5 Å². The van der Waals surface area contributed by atoms with Crippen molar-refractivity contribution in [2.75, 3.05) is 29.5 Å². The lowest BCUT2D eigenvalue weighted by Gasteiger charge is -2.28. The van der Waals surface area contributed by atoms with E-state index in [1.165, 1.54) is 23.9 Å². The third-order valence-electron chi connectivity index (χ3n) is 3.79. The van der Waals surface area contributed by atoms with Crippen molar-refractivity contribution in [2.45, 2.75) is 13.6 Å². The van der Waals surface area contributed by atoms with Crippen LogP contribution in [0.25, 0.3) is 11.1 Å². The first-order valence-electron chi connectivity index (χ1n) is 7.62. The summed E-state index contributed by atoms with van der Waals surface area (Å²) in [5.74, 6) is 1.38. The average Bonchev–Trinajstić information content (AvgIpc) is 2.94. The number of aromatic nitrogens is 1. The lowest BCUT2D eigenvalue weighted by Crippen LogP contribution is -2.33. The number of benzene rings is 1. The monoisotopic (exact) mass is 351 g/mol. The van der Waals surface area contributed by atoms with E-state index in [0.29, 0.717) is 11.3 Å². The van der Waals surface area contributed by atoms with Gasteiger partial charge in [0.05, 0.1) is 17.4 Å². The van der Waals surface area contributed by atoms with Gasteiger partial charge in [-0.1, -0.05) is 6.07 Å². The number of carbonyl (C=O) groups is 1. The minimum atomic E-state index is -0.568. The van der Waals surface area contributed by atoms with E-state index in [1.807, 2.05) is 16.7 Å². The molecule has 0 radical (unpaired) electrons. The highest BCUT2D eigenvalue weighted by Gasteiger charge is 2.17. The predicted octanol–water partition coefficient (Wildman–Crippen LogP) is 1.89. The second-order valence-electron chi connectivity index (χ2n) is 5.50.